The Balaban J connectivity index is 2.02. The molecule has 0 saturated carbocycles. The highest BCUT2D eigenvalue weighted by atomic mass is 32.1. The summed E-state index contributed by atoms with van der Waals surface area (Å²) in [5, 5.41) is 7.59. The first-order valence-electron chi connectivity index (χ1n) is 6.61. The molecule has 21 heavy (non-hydrogen) atoms. The van der Waals surface area contributed by atoms with E-state index in [2.05, 4.69) is 27.3 Å². The molecular weight excluding hydrogens is 290 g/mol. The van der Waals surface area contributed by atoms with Crippen molar-refractivity contribution in [3.63, 3.8) is 0 Å². The zero-order chi connectivity index (χ0) is 15.4. The van der Waals surface area contributed by atoms with Crippen LogP contribution in [0.4, 0.5) is 10.9 Å². The predicted octanol–water partition coefficient (Wildman–Crippen LogP) is 0.630. The first kappa shape index (κ1) is 15.2. The summed E-state index contributed by atoms with van der Waals surface area (Å²) in [6.07, 6.45) is 2.59. The van der Waals surface area contributed by atoms with Crippen molar-refractivity contribution in [2.24, 2.45) is 7.05 Å². The van der Waals surface area contributed by atoms with Gasteiger partial charge in [0, 0.05) is 20.6 Å². The van der Waals surface area contributed by atoms with Crippen molar-refractivity contribution in [3.8, 4) is 0 Å². The molecule has 2 heterocycles. The van der Waals surface area contributed by atoms with Crippen LogP contribution >= 0.6 is 11.3 Å². The number of carbonyl (C=O) groups is 1. The van der Waals surface area contributed by atoms with Crippen LogP contribution in [0.3, 0.4) is 0 Å². The van der Waals surface area contributed by atoms with Gasteiger partial charge in [-0.05, 0) is 6.42 Å². The van der Waals surface area contributed by atoms with Crippen LogP contribution in [-0.2, 0) is 13.6 Å². The summed E-state index contributed by atoms with van der Waals surface area (Å²) in [5.41, 5.74) is 5.83. The molecule has 8 nitrogen and oxygen atoms in total. The summed E-state index contributed by atoms with van der Waals surface area (Å²) >= 11 is 1.29. The van der Waals surface area contributed by atoms with Crippen LogP contribution in [0.5, 0.6) is 0 Å². The molecule has 2 aromatic heterocycles. The molecule has 114 valence electrons. The number of amides is 1. The van der Waals surface area contributed by atoms with Crippen molar-refractivity contribution in [2.75, 3.05) is 24.2 Å². The molecule has 1 amide bonds. The van der Waals surface area contributed by atoms with Gasteiger partial charge < -0.3 is 16.0 Å². The van der Waals surface area contributed by atoms with Crippen molar-refractivity contribution in [1.29, 1.82) is 0 Å². The third-order valence-electron chi connectivity index (χ3n) is 2.79. The largest absolute Gasteiger partial charge is 0.382 e. The maximum absolute atomic E-state index is 12.1. The number of aryl methyl sites for hydroxylation is 1. The number of hydrogen-bond acceptors (Lipinski definition) is 7. The van der Waals surface area contributed by atoms with E-state index in [0.717, 1.165) is 18.1 Å². The van der Waals surface area contributed by atoms with Crippen LogP contribution < -0.4 is 16.0 Å². The molecule has 3 N–H and O–H groups in total. The van der Waals surface area contributed by atoms with Crippen LogP contribution in [0.25, 0.3) is 0 Å². The van der Waals surface area contributed by atoms with Gasteiger partial charge in [0.2, 0.25) is 0 Å². The molecule has 9 heteroatoms. The fraction of sp³-hybridized carbons (Fsp3) is 0.500. The van der Waals surface area contributed by atoms with Crippen LogP contribution in [-0.4, -0.2) is 39.2 Å². The van der Waals surface area contributed by atoms with Gasteiger partial charge >= 0.3 is 0 Å². The minimum Gasteiger partial charge on any atom is -0.382 e. The van der Waals surface area contributed by atoms with Gasteiger partial charge in [0.1, 0.15) is 17.0 Å². The molecule has 2 rings (SSSR count). The minimum atomic E-state index is -0.256. The standard InChI is InChI=1S/C12H19N7OS/c1-4-5-18(2)12-16-10(13)9(21-12)11(20)14-6-8-15-7-19(3)17-8/h7H,4-6,13H2,1-3H3,(H,14,20). The van der Waals surface area contributed by atoms with Gasteiger partial charge in [-0.1, -0.05) is 18.3 Å². The molecule has 0 atom stereocenters. The first-order valence-corrected chi connectivity index (χ1v) is 7.43. The Kier molecular flexibility index (Phi) is 4.73. The SMILES string of the molecule is CCCN(C)c1nc(N)c(C(=O)NCc2ncn(C)n2)s1. The van der Waals surface area contributed by atoms with E-state index in [1.807, 2.05) is 11.9 Å². The highest BCUT2D eigenvalue weighted by Crippen LogP contribution is 2.27. The Labute approximate surface area is 127 Å². The second kappa shape index (κ2) is 6.53. The quantitative estimate of drug-likeness (QED) is 0.811. The summed E-state index contributed by atoms with van der Waals surface area (Å²) in [6.45, 7) is 3.21. The van der Waals surface area contributed by atoms with E-state index in [1.54, 1.807) is 18.1 Å². The van der Waals surface area contributed by atoms with Crippen molar-refractivity contribution >= 4 is 28.2 Å². The zero-order valence-corrected chi connectivity index (χ0v) is 13.1. The molecule has 0 aromatic carbocycles. The number of nitrogen functional groups attached to an aromatic ring is 1. The number of nitrogens with one attached hydrogen (secondary N) is 1. The molecular formula is C12H19N7OS. The molecule has 0 unspecified atom stereocenters. The monoisotopic (exact) mass is 309 g/mol. The average molecular weight is 309 g/mol. The fourth-order valence-corrected chi connectivity index (χ4v) is 2.67. The maximum atomic E-state index is 12.1. The molecule has 0 bridgehead atoms. The van der Waals surface area contributed by atoms with Gasteiger partial charge in [0.25, 0.3) is 5.91 Å². The Hall–Kier alpha value is -2.16. The van der Waals surface area contributed by atoms with Gasteiger partial charge in [-0.2, -0.15) is 5.10 Å². The Morgan fingerprint density at radius 3 is 2.95 bits per heavy atom. The lowest BCUT2D eigenvalue weighted by molar-refractivity contribution is 0.0954. The van der Waals surface area contributed by atoms with Gasteiger partial charge in [-0.25, -0.2) is 9.97 Å². The number of nitrogens with two attached hydrogens (primary N) is 1. The second-order valence-corrected chi connectivity index (χ2v) is 5.63. The number of thiazole rings is 1. The normalized spacial score (nSPS) is 10.6. The molecule has 0 aliphatic rings. The van der Waals surface area contributed by atoms with Gasteiger partial charge in [0.15, 0.2) is 11.0 Å². The van der Waals surface area contributed by atoms with Crippen molar-refractivity contribution in [2.45, 2.75) is 19.9 Å². The van der Waals surface area contributed by atoms with Crippen molar-refractivity contribution in [3.05, 3.63) is 17.0 Å². The molecule has 0 spiro atoms. The average Bonchev–Trinajstić information content (AvgIpc) is 3.02. The lowest BCUT2D eigenvalue weighted by atomic mass is 10.4. The lowest BCUT2D eigenvalue weighted by Gasteiger charge is -2.13. The smallest absolute Gasteiger partial charge is 0.265 e. The molecule has 0 fully saturated rings. The third kappa shape index (κ3) is 3.69. The van der Waals surface area contributed by atoms with Crippen LogP contribution in [0.1, 0.15) is 28.8 Å². The van der Waals surface area contributed by atoms with Crippen molar-refractivity contribution in [1.82, 2.24) is 25.1 Å². The fourth-order valence-electron chi connectivity index (χ4n) is 1.78. The minimum absolute atomic E-state index is 0.254. The number of aromatic nitrogens is 4. The molecule has 2 aromatic rings. The van der Waals surface area contributed by atoms with E-state index in [1.165, 1.54) is 11.3 Å². The number of anilines is 2. The highest BCUT2D eigenvalue weighted by molar-refractivity contribution is 7.18. The number of carbonyl (C=O) groups excluding carboxylic acids is 1. The van der Waals surface area contributed by atoms with Crippen molar-refractivity contribution < 1.29 is 4.79 Å². The molecule has 0 saturated heterocycles. The van der Waals surface area contributed by atoms with E-state index in [9.17, 15) is 4.79 Å². The van der Waals surface area contributed by atoms with Gasteiger partial charge in [0.05, 0.1) is 6.54 Å². The van der Waals surface area contributed by atoms with E-state index in [-0.39, 0.29) is 18.3 Å². The maximum Gasteiger partial charge on any atom is 0.265 e. The van der Waals surface area contributed by atoms with Gasteiger partial charge in [-0.15, -0.1) is 0 Å². The van der Waals surface area contributed by atoms with Crippen LogP contribution in [0.15, 0.2) is 6.33 Å². The van der Waals surface area contributed by atoms with Crippen LogP contribution in [0, 0.1) is 0 Å². The third-order valence-corrected chi connectivity index (χ3v) is 3.97. The van der Waals surface area contributed by atoms with E-state index < -0.39 is 0 Å². The van der Waals surface area contributed by atoms with Gasteiger partial charge in [-0.3, -0.25) is 9.48 Å². The highest BCUT2D eigenvalue weighted by Gasteiger charge is 2.18. The first-order chi connectivity index (χ1) is 10.0. The summed E-state index contributed by atoms with van der Waals surface area (Å²) in [7, 11) is 3.70. The predicted molar refractivity (Wildman–Crippen MR) is 82.3 cm³/mol. The number of nitrogens with zero attached hydrogens (tertiary/aromatic N) is 5. The summed E-state index contributed by atoms with van der Waals surface area (Å²) in [5.74, 6) is 0.551. The second-order valence-electron chi connectivity index (χ2n) is 4.65. The topological polar surface area (TPSA) is 102 Å². The lowest BCUT2D eigenvalue weighted by Crippen LogP contribution is -2.23. The summed E-state index contributed by atoms with van der Waals surface area (Å²) in [6, 6.07) is 0. The summed E-state index contributed by atoms with van der Waals surface area (Å²) < 4.78 is 1.58. The number of hydrogen-bond donors (Lipinski definition) is 2. The Morgan fingerprint density at radius 2 is 2.33 bits per heavy atom. The summed E-state index contributed by atoms with van der Waals surface area (Å²) in [4.78, 5) is 22.8. The molecule has 0 aliphatic carbocycles. The Bertz CT molecular complexity index is 621. The van der Waals surface area contributed by atoms with E-state index in [4.69, 9.17) is 5.73 Å². The van der Waals surface area contributed by atoms with E-state index in [0.29, 0.717) is 10.7 Å². The number of rotatable bonds is 6. The molecule has 0 aliphatic heterocycles. The molecule has 0 radical (unpaired) electrons. The van der Waals surface area contributed by atoms with E-state index >= 15 is 0 Å². The van der Waals surface area contributed by atoms with Crippen LogP contribution in [0.2, 0.25) is 0 Å². The zero-order valence-electron chi connectivity index (χ0n) is 12.3. The Morgan fingerprint density at radius 1 is 1.57 bits per heavy atom.